The number of nitrogens with zero attached hydrogens (tertiary/aromatic N) is 6. The van der Waals surface area contributed by atoms with Crippen molar-refractivity contribution in [1.29, 1.82) is 0 Å². The summed E-state index contributed by atoms with van der Waals surface area (Å²) in [4.78, 5) is 0. The normalized spacial score (nSPS) is 10.6. The summed E-state index contributed by atoms with van der Waals surface area (Å²) in [5.41, 5.74) is 10.7. The van der Waals surface area contributed by atoms with Crippen LogP contribution >= 0.6 is 0 Å². The largest absolute Gasteiger partial charge is 0.867 e. The van der Waals surface area contributed by atoms with Crippen molar-refractivity contribution in [2.75, 3.05) is 0 Å². The summed E-state index contributed by atoms with van der Waals surface area (Å²) < 4.78 is 34.8. The van der Waals surface area contributed by atoms with Gasteiger partial charge >= 0.3 is 14.6 Å². The zero-order chi connectivity index (χ0) is 36.3. The van der Waals surface area contributed by atoms with Crippen LogP contribution in [0.25, 0.3) is 0 Å². The van der Waals surface area contributed by atoms with E-state index in [9.17, 15) is 0 Å². The first-order valence-electron chi connectivity index (χ1n) is 15.8. The zero-order valence-electron chi connectivity index (χ0n) is 30.7. The fraction of sp³-hybridized carbons (Fsp3) is 0.400. The van der Waals surface area contributed by atoms with E-state index in [1.54, 1.807) is 0 Å². The second-order valence-corrected chi connectivity index (χ2v) is 12.0. The van der Waals surface area contributed by atoms with Crippen molar-refractivity contribution >= 4 is 14.6 Å². The Bertz CT molecular complexity index is 1690. The molecule has 0 saturated heterocycles. The molecular weight excluding hydrogens is 798 g/mol. The molecule has 0 amide bonds. The van der Waals surface area contributed by atoms with Gasteiger partial charge in [-0.2, -0.15) is 0 Å². The molecule has 18 nitrogen and oxygen atoms in total. The van der Waals surface area contributed by atoms with Crippen LogP contribution < -0.4 is 27.9 Å². The Balaban J connectivity index is 0.000000224. The maximum absolute atomic E-state index is 5.81. The van der Waals surface area contributed by atoms with Crippen molar-refractivity contribution in [2.24, 2.45) is 0 Å². The van der Waals surface area contributed by atoms with Crippen LogP contribution in [0.15, 0.2) is 0 Å². The maximum atomic E-state index is 5.81. The predicted molar refractivity (Wildman–Crippen MR) is 184 cm³/mol. The van der Waals surface area contributed by atoms with Crippen LogP contribution in [0, 0.1) is 132 Å². The maximum Gasteiger partial charge on any atom is 0.867 e. The molecule has 6 heterocycles. The van der Waals surface area contributed by atoms with Gasteiger partial charge in [-0.1, -0.05) is 0 Å². The van der Waals surface area contributed by atoms with Gasteiger partial charge in [-0.3, -0.25) is 30.6 Å². The molecule has 0 aliphatic rings. The number of hydrogen-bond donors (Lipinski definition) is 6. The Kier molecular flexibility index (Phi) is 13.1. The number of aromatic amines is 6. The van der Waals surface area contributed by atoms with E-state index in [4.69, 9.17) is 27.9 Å². The van der Waals surface area contributed by atoms with Crippen molar-refractivity contribution in [2.45, 2.75) is 83.1 Å². The molecule has 6 rings (SSSR count). The summed E-state index contributed by atoms with van der Waals surface area (Å²) in [5, 5.41) is 42.0. The van der Waals surface area contributed by atoms with Crippen LogP contribution in [-0.4, -0.2) is 75.8 Å². The van der Waals surface area contributed by atoms with Gasteiger partial charge in [0.2, 0.25) is 35.3 Å². The van der Waals surface area contributed by atoms with E-state index in [-0.39, 0.29) is 49.4 Å². The van der Waals surface area contributed by atoms with Gasteiger partial charge in [0.1, 0.15) is 0 Å². The number of hydrogen-bond acceptors (Lipinski definition) is 12. The summed E-state index contributed by atoms with van der Waals surface area (Å²) in [6, 6.07) is 0. The molecule has 0 aliphatic heterocycles. The fourth-order valence-corrected chi connectivity index (χ4v) is 4.16. The molecule has 0 saturated carbocycles. The van der Waals surface area contributed by atoms with E-state index in [1.165, 1.54) is 0 Å². The van der Waals surface area contributed by atoms with Crippen LogP contribution in [0.2, 0.25) is 0 Å². The van der Waals surface area contributed by atoms with Gasteiger partial charge in [0.25, 0.3) is 0 Å². The molecular formula is C30H42B2EuN12O6. The van der Waals surface area contributed by atoms with E-state index in [0.29, 0.717) is 35.3 Å². The summed E-state index contributed by atoms with van der Waals surface area (Å²) in [7, 11) is -2.19. The van der Waals surface area contributed by atoms with Crippen molar-refractivity contribution in [3.63, 3.8) is 0 Å². The fourth-order valence-electron chi connectivity index (χ4n) is 4.16. The number of rotatable bonds is 12. The molecule has 0 atom stereocenters. The average molecular weight is 840 g/mol. The molecule has 1 radical (unpaired) electrons. The molecule has 0 unspecified atom stereocenters. The number of aromatic nitrogens is 12. The van der Waals surface area contributed by atoms with E-state index in [0.717, 1.165) is 67.5 Å². The minimum Gasteiger partial charge on any atom is -0.473 e. The van der Waals surface area contributed by atoms with Gasteiger partial charge in [-0.05, 0) is 83.1 Å². The minimum atomic E-state index is -1.09. The first-order chi connectivity index (χ1) is 23.7. The molecule has 0 aliphatic carbocycles. The van der Waals surface area contributed by atoms with Crippen LogP contribution in [0.4, 0.5) is 0 Å². The Hall–Kier alpha value is -4.23. The van der Waals surface area contributed by atoms with E-state index >= 15 is 0 Å². The molecule has 6 aromatic rings. The number of H-pyrrole nitrogens is 6. The van der Waals surface area contributed by atoms with Crippen molar-refractivity contribution in [1.82, 2.24) is 61.2 Å². The first kappa shape index (κ1) is 39.6. The third-order valence-electron chi connectivity index (χ3n) is 8.50. The second kappa shape index (κ2) is 16.9. The van der Waals surface area contributed by atoms with Gasteiger partial charge in [0, 0.05) is 117 Å². The molecule has 51 heavy (non-hydrogen) atoms. The molecule has 0 fully saturated rings. The molecule has 271 valence electrons. The minimum absolute atomic E-state index is 0. The summed E-state index contributed by atoms with van der Waals surface area (Å²) in [6.45, 7) is 22.9. The predicted octanol–water partition coefficient (Wildman–Crippen LogP) is 4.46. The molecule has 0 spiro atoms. The third kappa shape index (κ3) is 9.18. The van der Waals surface area contributed by atoms with E-state index < -0.39 is 14.6 Å². The molecule has 6 aromatic heterocycles. The topological polar surface area (TPSA) is 227 Å². The SMILES string of the molecule is Cc1[nH]nc(OB(Oc2n[nH]c(C)c2C)Oc2n[nH]c(C)c2C)c1C.Cc1[nH]nc(OB(Oc2n[nH]c(C)c2C)Oc2n[nH]c(C)c2C)c1C.[Eu]. The van der Waals surface area contributed by atoms with Crippen molar-refractivity contribution in [3.05, 3.63) is 67.5 Å². The molecule has 6 N–H and O–H groups in total. The Labute approximate surface area is 336 Å². The third-order valence-corrected chi connectivity index (χ3v) is 8.50. The van der Waals surface area contributed by atoms with Crippen molar-refractivity contribution in [3.8, 4) is 35.3 Å². The number of nitrogens with one attached hydrogen (secondary N) is 6. The van der Waals surface area contributed by atoms with Crippen LogP contribution in [0.3, 0.4) is 0 Å². The monoisotopic (exact) mass is 841 g/mol. The molecule has 0 bridgehead atoms. The average Bonchev–Trinajstić information content (AvgIpc) is 3.92. The van der Waals surface area contributed by atoms with E-state index in [2.05, 4.69) is 61.2 Å². The summed E-state index contributed by atoms with van der Waals surface area (Å²) in [5.74, 6) is 2.40. The van der Waals surface area contributed by atoms with Crippen molar-refractivity contribution < 1.29 is 77.3 Å². The smallest absolute Gasteiger partial charge is 0.473 e. The van der Waals surface area contributed by atoms with Gasteiger partial charge in [-0.15, -0.1) is 30.6 Å². The van der Waals surface area contributed by atoms with Crippen LogP contribution in [-0.2, 0) is 0 Å². The second-order valence-electron chi connectivity index (χ2n) is 12.0. The quantitative estimate of drug-likeness (QED) is 0.0940. The Morgan fingerprint density at radius 2 is 0.431 bits per heavy atom. The van der Waals surface area contributed by atoms with Crippen LogP contribution in [0.1, 0.15) is 67.5 Å². The van der Waals surface area contributed by atoms with Crippen LogP contribution in [0.5, 0.6) is 35.3 Å². The van der Waals surface area contributed by atoms with Gasteiger partial charge in [-0.25, -0.2) is 0 Å². The van der Waals surface area contributed by atoms with Gasteiger partial charge in [0.05, 0.1) is 0 Å². The first-order valence-corrected chi connectivity index (χ1v) is 15.8. The summed E-state index contributed by atoms with van der Waals surface area (Å²) >= 11 is 0. The standard InChI is InChI=1S/2C15H21BN6O3.Eu/c2*1-7-10(4)17-20-13(7)23-16(24-14-8(2)11(5)18-21-14)25-15-9(3)12(6)19-22-15;/h2*1-6H3,(H,17,20)(H,18,21)(H,19,22);. The number of aryl methyl sites for hydroxylation is 6. The zero-order valence-corrected chi connectivity index (χ0v) is 33.1. The van der Waals surface area contributed by atoms with E-state index in [1.807, 2.05) is 83.1 Å². The molecule has 0 aromatic carbocycles. The Morgan fingerprint density at radius 3 is 0.529 bits per heavy atom. The van der Waals surface area contributed by atoms with Gasteiger partial charge < -0.3 is 27.9 Å². The summed E-state index contributed by atoms with van der Waals surface area (Å²) in [6.07, 6.45) is 0. The molecule has 21 heteroatoms. The van der Waals surface area contributed by atoms with Gasteiger partial charge in [0.15, 0.2) is 0 Å². The Morgan fingerprint density at radius 1 is 0.294 bits per heavy atom.